The van der Waals surface area contributed by atoms with Crippen molar-refractivity contribution >= 4 is 52.2 Å². The van der Waals surface area contributed by atoms with Gasteiger partial charge < -0.3 is 10.4 Å². The summed E-state index contributed by atoms with van der Waals surface area (Å²) in [5, 5.41) is 25.1. The number of benzene rings is 2. The van der Waals surface area contributed by atoms with Crippen LogP contribution in [0.4, 0.5) is 11.4 Å². The van der Waals surface area contributed by atoms with Gasteiger partial charge in [-0.05, 0) is 49.5 Å². The Bertz CT molecular complexity index is 932. The van der Waals surface area contributed by atoms with Crippen LogP contribution in [0.5, 0.6) is 0 Å². The van der Waals surface area contributed by atoms with Gasteiger partial charge in [-0.1, -0.05) is 11.6 Å². The zero-order valence-corrected chi connectivity index (χ0v) is 14.9. The monoisotopic (exact) mass is 393 g/mol. The number of nitro benzene ring substituents is 1. The molecule has 0 saturated carbocycles. The predicted octanol–water partition coefficient (Wildman–Crippen LogP) is 3.38. The number of hydrogen-bond acceptors (Lipinski definition) is 5. The summed E-state index contributed by atoms with van der Waals surface area (Å²) in [6, 6.07) is 8.02. The first kappa shape index (κ1) is 19.3. The normalized spacial score (nSPS) is 10.1. The van der Waals surface area contributed by atoms with Crippen LogP contribution in [0.2, 0.25) is 5.02 Å². The van der Waals surface area contributed by atoms with Gasteiger partial charge in [0.15, 0.2) is 5.11 Å². The van der Waals surface area contributed by atoms with Crippen LogP contribution in [0.3, 0.4) is 0 Å². The lowest BCUT2D eigenvalue weighted by Gasteiger charge is -2.12. The van der Waals surface area contributed by atoms with E-state index in [0.717, 1.165) is 0 Å². The molecule has 0 heterocycles. The van der Waals surface area contributed by atoms with Crippen LogP contribution >= 0.6 is 23.8 Å². The molecule has 0 radical (unpaired) electrons. The van der Waals surface area contributed by atoms with Crippen LogP contribution < -0.4 is 10.6 Å². The molecule has 0 unspecified atom stereocenters. The van der Waals surface area contributed by atoms with Gasteiger partial charge in [-0.15, -0.1) is 0 Å². The molecule has 0 aromatic heterocycles. The number of carboxylic acids is 1. The highest BCUT2D eigenvalue weighted by atomic mass is 35.5. The molecule has 0 aliphatic heterocycles. The van der Waals surface area contributed by atoms with Crippen molar-refractivity contribution in [1.29, 1.82) is 0 Å². The van der Waals surface area contributed by atoms with Gasteiger partial charge in [0.1, 0.15) is 0 Å². The van der Waals surface area contributed by atoms with Crippen molar-refractivity contribution < 1.29 is 19.6 Å². The number of carbonyl (C=O) groups is 2. The summed E-state index contributed by atoms with van der Waals surface area (Å²) in [4.78, 5) is 33.7. The fourth-order valence-electron chi connectivity index (χ4n) is 2.13. The maximum Gasteiger partial charge on any atom is 0.337 e. The number of aromatic carboxylic acids is 1. The zero-order chi connectivity index (χ0) is 19.4. The third-order valence-corrected chi connectivity index (χ3v) is 3.78. The molecule has 0 saturated heterocycles. The van der Waals surface area contributed by atoms with Crippen molar-refractivity contribution in [2.24, 2.45) is 0 Å². The predicted molar refractivity (Wildman–Crippen MR) is 99.9 cm³/mol. The van der Waals surface area contributed by atoms with Crippen molar-refractivity contribution in [1.82, 2.24) is 5.32 Å². The Morgan fingerprint density at radius 3 is 2.50 bits per heavy atom. The fourth-order valence-corrected chi connectivity index (χ4v) is 2.51. The van der Waals surface area contributed by atoms with Crippen molar-refractivity contribution in [3.05, 3.63) is 68.2 Å². The van der Waals surface area contributed by atoms with E-state index in [1.54, 1.807) is 0 Å². The SMILES string of the molecule is Cc1cc(C(=O)NC(=S)Nc2ccc(Cl)cc2C(=O)O)ccc1[N+](=O)[O-]. The molecule has 2 rings (SSSR count). The second kappa shape index (κ2) is 7.89. The molecule has 2 aromatic rings. The van der Waals surface area contributed by atoms with E-state index in [9.17, 15) is 24.8 Å². The Morgan fingerprint density at radius 2 is 1.92 bits per heavy atom. The quantitative estimate of drug-likeness (QED) is 0.413. The number of aryl methyl sites for hydroxylation is 1. The Balaban J connectivity index is 2.13. The van der Waals surface area contributed by atoms with E-state index in [1.807, 2.05) is 0 Å². The van der Waals surface area contributed by atoms with Crippen LogP contribution in [0, 0.1) is 17.0 Å². The molecule has 3 N–H and O–H groups in total. The summed E-state index contributed by atoms with van der Waals surface area (Å²) in [7, 11) is 0. The molecule has 0 atom stereocenters. The molecule has 0 spiro atoms. The highest BCUT2D eigenvalue weighted by molar-refractivity contribution is 7.80. The molecule has 0 aliphatic rings. The largest absolute Gasteiger partial charge is 0.478 e. The topological polar surface area (TPSA) is 122 Å². The number of nitrogens with zero attached hydrogens (tertiary/aromatic N) is 1. The van der Waals surface area contributed by atoms with Crippen LogP contribution in [0.1, 0.15) is 26.3 Å². The summed E-state index contributed by atoms with van der Waals surface area (Å²) < 4.78 is 0. The van der Waals surface area contributed by atoms with E-state index in [0.29, 0.717) is 5.56 Å². The van der Waals surface area contributed by atoms with E-state index < -0.39 is 16.8 Å². The molecule has 2 aromatic carbocycles. The number of rotatable bonds is 4. The summed E-state index contributed by atoms with van der Waals surface area (Å²) in [6.07, 6.45) is 0. The van der Waals surface area contributed by atoms with Gasteiger partial charge in [0, 0.05) is 22.2 Å². The molecule has 8 nitrogen and oxygen atoms in total. The number of amides is 1. The molecule has 26 heavy (non-hydrogen) atoms. The van der Waals surface area contributed by atoms with Crippen LogP contribution in [-0.4, -0.2) is 27.0 Å². The Kier molecular flexibility index (Phi) is 5.86. The maximum atomic E-state index is 12.2. The number of nitro groups is 1. The molecular weight excluding hydrogens is 382 g/mol. The minimum Gasteiger partial charge on any atom is -0.478 e. The van der Waals surface area contributed by atoms with E-state index in [-0.39, 0.29) is 32.6 Å². The number of carboxylic acid groups (broad SMARTS) is 1. The number of halogens is 1. The fraction of sp³-hybridized carbons (Fsp3) is 0.0625. The van der Waals surface area contributed by atoms with E-state index in [4.69, 9.17) is 23.8 Å². The molecule has 0 aliphatic carbocycles. The average Bonchev–Trinajstić information content (AvgIpc) is 2.55. The minimum atomic E-state index is -1.21. The molecule has 0 bridgehead atoms. The maximum absolute atomic E-state index is 12.2. The first-order valence-corrected chi connectivity index (χ1v) is 7.88. The first-order chi connectivity index (χ1) is 12.2. The standard InChI is InChI=1S/C16H12ClN3O5S/c1-8-6-9(2-5-13(8)20(24)25)14(21)19-16(26)18-12-4-3-10(17)7-11(12)15(22)23/h2-7H,1H3,(H,22,23)(H2,18,19,21,26). The van der Waals surface area contributed by atoms with Crippen LogP contribution in [-0.2, 0) is 0 Å². The van der Waals surface area contributed by atoms with Crippen molar-refractivity contribution in [2.75, 3.05) is 5.32 Å². The molecule has 0 fully saturated rings. The van der Waals surface area contributed by atoms with Gasteiger partial charge in [0.25, 0.3) is 11.6 Å². The number of hydrogen-bond donors (Lipinski definition) is 3. The van der Waals surface area contributed by atoms with Gasteiger partial charge in [-0.2, -0.15) is 0 Å². The van der Waals surface area contributed by atoms with Gasteiger partial charge in [-0.25, -0.2) is 4.79 Å². The second-order valence-corrected chi connectivity index (χ2v) is 6.01. The molecule has 10 heteroatoms. The summed E-state index contributed by atoms with van der Waals surface area (Å²) in [6.45, 7) is 1.51. The molecule has 1 amide bonds. The van der Waals surface area contributed by atoms with Crippen LogP contribution in [0.15, 0.2) is 36.4 Å². The minimum absolute atomic E-state index is 0.102. The highest BCUT2D eigenvalue weighted by Gasteiger charge is 2.16. The second-order valence-electron chi connectivity index (χ2n) is 5.16. The van der Waals surface area contributed by atoms with Gasteiger partial charge in [0.05, 0.1) is 16.2 Å². The Morgan fingerprint density at radius 1 is 1.23 bits per heavy atom. The number of anilines is 1. The van der Waals surface area contributed by atoms with E-state index >= 15 is 0 Å². The number of carbonyl (C=O) groups excluding carboxylic acids is 1. The first-order valence-electron chi connectivity index (χ1n) is 7.09. The Hall–Kier alpha value is -3.04. The van der Waals surface area contributed by atoms with Crippen molar-refractivity contribution in [2.45, 2.75) is 6.92 Å². The van der Waals surface area contributed by atoms with Gasteiger partial charge in [-0.3, -0.25) is 20.2 Å². The third-order valence-electron chi connectivity index (χ3n) is 3.34. The van der Waals surface area contributed by atoms with Crippen molar-refractivity contribution in [3.63, 3.8) is 0 Å². The number of thiocarbonyl (C=S) groups is 1. The summed E-state index contributed by atoms with van der Waals surface area (Å²) in [5.74, 6) is -1.80. The average molecular weight is 394 g/mol. The van der Waals surface area contributed by atoms with Crippen LogP contribution in [0.25, 0.3) is 0 Å². The summed E-state index contributed by atoms with van der Waals surface area (Å²) >= 11 is 10.8. The lowest BCUT2D eigenvalue weighted by molar-refractivity contribution is -0.385. The third kappa shape index (κ3) is 4.52. The highest BCUT2D eigenvalue weighted by Crippen LogP contribution is 2.21. The molecule has 134 valence electrons. The van der Waals surface area contributed by atoms with Crippen molar-refractivity contribution in [3.8, 4) is 0 Å². The smallest absolute Gasteiger partial charge is 0.337 e. The zero-order valence-electron chi connectivity index (χ0n) is 13.3. The Labute approximate surface area is 157 Å². The summed E-state index contributed by atoms with van der Waals surface area (Å²) in [5.41, 5.74) is 0.445. The van der Waals surface area contributed by atoms with Gasteiger partial charge >= 0.3 is 5.97 Å². The molecular formula is C16H12ClN3O5S. The number of nitrogens with one attached hydrogen (secondary N) is 2. The van der Waals surface area contributed by atoms with Gasteiger partial charge in [0.2, 0.25) is 0 Å². The van der Waals surface area contributed by atoms with E-state index in [2.05, 4.69) is 10.6 Å². The van der Waals surface area contributed by atoms with E-state index in [1.165, 1.54) is 43.3 Å². The lowest BCUT2D eigenvalue weighted by atomic mass is 10.1. The lowest BCUT2D eigenvalue weighted by Crippen LogP contribution is -2.34.